The molecule has 3 rings (SSSR count). The van der Waals surface area contributed by atoms with E-state index >= 15 is 0 Å². The summed E-state index contributed by atoms with van der Waals surface area (Å²) in [4.78, 5) is 33.8. The Morgan fingerprint density at radius 2 is 2.03 bits per heavy atom. The van der Waals surface area contributed by atoms with Gasteiger partial charge in [0.25, 0.3) is 0 Å². The summed E-state index contributed by atoms with van der Waals surface area (Å²) < 4.78 is 11.0. The van der Waals surface area contributed by atoms with Crippen LogP contribution >= 0.6 is 0 Å². The van der Waals surface area contributed by atoms with Crippen LogP contribution in [0.1, 0.15) is 32.1 Å². The van der Waals surface area contributed by atoms with Crippen LogP contribution in [0.3, 0.4) is 0 Å². The Balaban J connectivity index is 1.64. The van der Waals surface area contributed by atoms with Crippen molar-refractivity contribution in [3.63, 3.8) is 0 Å². The second kappa shape index (κ2) is 11.1. The number of ether oxygens (including phenoxy) is 2. The maximum atomic E-state index is 13.1. The van der Waals surface area contributed by atoms with Gasteiger partial charge in [-0.2, -0.15) is 0 Å². The highest BCUT2D eigenvalue weighted by Gasteiger charge is 2.40. The molecule has 2 unspecified atom stereocenters. The molecule has 3 heterocycles. The van der Waals surface area contributed by atoms with Gasteiger partial charge >= 0.3 is 0 Å². The SMILES string of the molecule is COCCNC(=O)C1CC(Oc2cccnc2)CN1C(=O)CN1CCCCCC1. The van der Waals surface area contributed by atoms with E-state index in [2.05, 4.69) is 15.2 Å². The molecule has 0 spiro atoms. The van der Waals surface area contributed by atoms with E-state index in [0.29, 0.717) is 38.4 Å². The second-order valence-electron chi connectivity index (χ2n) is 7.70. The lowest BCUT2D eigenvalue weighted by molar-refractivity contribution is -0.139. The van der Waals surface area contributed by atoms with E-state index in [-0.39, 0.29) is 17.9 Å². The summed E-state index contributed by atoms with van der Waals surface area (Å²) in [5.74, 6) is 0.498. The molecule has 0 bridgehead atoms. The van der Waals surface area contributed by atoms with Crippen LogP contribution in [0.4, 0.5) is 0 Å². The number of carbonyl (C=O) groups excluding carboxylic acids is 2. The highest BCUT2D eigenvalue weighted by atomic mass is 16.5. The molecule has 1 aromatic rings. The van der Waals surface area contributed by atoms with Crippen molar-refractivity contribution in [2.24, 2.45) is 0 Å². The van der Waals surface area contributed by atoms with Crippen LogP contribution in [-0.2, 0) is 14.3 Å². The summed E-state index contributed by atoms with van der Waals surface area (Å²) in [5, 5.41) is 2.87. The van der Waals surface area contributed by atoms with E-state index < -0.39 is 6.04 Å². The second-order valence-corrected chi connectivity index (χ2v) is 7.70. The zero-order valence-electron chi connectivity index (χ0n) is 17.2. The third-order valence-electron chi connectivity index (χ3n) is 5.49. The number of nitrogens with zero attached hydrogens (tertiary/aromatic N) is 3. The van der Waals surface area contributed by atoms with Crippen molar-refractivity contribution < 1.29 is 19.1 Å². The van der Waals surface area contributed by atoms with Crippen molar-refractivity contribution in [2.75, 3.05) is 46.4 Å². The average molecular weight is 405 g/mol. The zero-order chi connectivity index (χ0) is 20.5. The fraction of sp³-hybridized carbons (Fsp3) is 0.667. The Hall–Kier alpha value is -2.19. The van der Waals surface area contributed by atoms with Gasteiger partial charge in [-0.25, -0.2) is 0 Å². The number of amides is 2. The predicted molar refractivity (Wildman–Crippen MR) is 109 cm³/mol. The molecule has 2 atom stereocenters. The Labute approximate surface area is 172 Å². The minimum atomic E-state index is -0.520. The molecule has 0 radical (unpaired) electrons. The number of methoxy groups -OCH3 is 1. The highest BCUT2D eigenvalue weighted by molar-refractivity contribution is 5.89. The summed E-state index contributed by atoms with van der Waals surface area (Å²) in [6.45, 7) is 3.52. The van der Waals surface area contributed by atoms with Crippen molar-refractivity contribution in [1.82, 2.24) is 20.1 Å². The third-order valence-corrected chi connectivity index (χ3v) is 5.49. The van der Waals surface area contributed by atoms with Gasteiger partial charge in [-0.1, -0.05) is 12.8 Å². The van der Waals surface area contributed by atoms with Crippen LogP contribution < -0.4 is 10.1 Å². The highest BCUT2D eigenvalue weighted by Crippen LogP contribution is 2.23. The van der Waals surface area contributed by atoms with Gasteiger partial charge in [0.2, 0.25) is 11.8 Å². The Morgan fingerprint density at radius 3 is 2.72 bits per heavy atom. The fourth-order valence-electron chi connectivity index (χ4n) is 3.99. The van der Waals surface area contributed by atoms with Gasteiger partial charge in [0, 0.05) is 26.3 Å². The number of hydrogen-bond donors (Lipinski definition) is 1. The van der Waals surface area contributed by atoms with Crippen molar-refractivity contribution in [3.8, 4) is 5.75 Å². The number of rotatable bonds is 8. The number of carbonyl (C=O) groups is 2. The molecule has 29 heavy (non-hydrogen) atoms. The summed E-state index contributed by atoms with van der Waals surface area (Å²) in [7, 11) is 1.59. The molecule has 2 amide bonds. The van der Waals surface area contributed by atoms with E-state index in [0.717, 1.165) is 25.9 Å². The first kappa shape index (κ1) is 21.5. The predicted octanol–water partition coefficient (Wildman–Crippen LogP) is 1.07. The number of pyridine rings is 1. The van der Waals surface area contributed by atoms with Crippen LogP contribution in [0.2, 0.25) is 0 Å². The van der Waals surface area contributed by atoms with E-state index in [4.69, 9.17) is 9.47 Å². The van der Waals surface area contributed by atoms with Crippen molar-refractivity contribution in [3.05, 3.63) is 24.5 Å². The molecule has 2 fully saturated rings. The van der Waals surface area contributed by atoms with Crippen molar-refractivity contribution in [1.29, 1.82) is 0 Å². The van der Waals surface area contributed by atoms with Gasteiger partial charge in [-0.3, -0.25) is 19.5 Å². The van der Waals surface area contributed by atoms with Crippen LogP contribution in [0.15, 0.2) is 24.5 Å². The first-order chi connectivity index (χ1) is 14.2. The van der Waals surface area contributed by atoms with Crippen molar-refractivity contribution in [2.45, 2.75) is 44.2 Å². The van der Waals surface area contributed by atoms with Crippen LogP contribution in [-0.4, -0.2) is 85.2 Å². The molecule has 1 N–H and O–H groups in total. The standard InChI is InChI=1S/C21H32N4O4/c1-28-12-9-23-21(27)19-13-18(29-17-7-6-8-22-14-17)15-25(19)20(26)16-24-10-4-2-3-5-11-24/h6-8,14,18-19H,2-5,9-13,15-16H2,1H3,(H,23,27). The Kier molecular flexibility index (Phi) is 8.25. The van der Waals surface area contributed by atoms with Gasteiger partial charge in [-0.05, 0) is 38.1 Å². The van der Waals surface area contributed by atoms with Gasteiger partial charge < -0.3 is 19.7 Å². The number of aromatic nitrogens is 1. The van der Waals surface area contributed by atoms with Crippen LogP contribution in [0.25, 0.3) is 0 Å². The number of nitrogens with one attached hydrogen (secondary N) is 1. The van der Waals surface area contributed by atoms with Crippen molar-refractivity contribution >= 4 is 11.8 Å². The Morgan fingerprint density at radius 1 is 1.24 bits per heavy atom. The topological polar surface area (TPSA) is 84.0 Å². The molecule has 2 saturated heterocycles. The van der Waals surface area contributed by atoms with Crippen LogP contribution in [0.5, 0.6) is 5.75 Å². The summed E-state index contributed by atoms with van der Waals surface area (Å²) >= 11 is 0. The molecule has 2 aliphatic heterocycles. The molecule has 2 aliphatic rings. The Bertz CT molecular complexity index is 649. The molecule has 0 saturated carbocycles. The number of hydrogen-bond acceptors (Lipinski definition) is 6. The minimum Gasteiger partial charge on any atom is -0.487 e. The molecular formula is C21H32N4O4. The molecule has 0 aromatic carbocycles. The van der Waals surface area contributed by atoms with E-state index in [1.54, 1.807) is 24.4 Å². The van der Waals surface area contributed by atoms with Gasteiger partial charge in [0.05, 0.1) is 25.9 Å². The van der Waals surface area contributed by atoms with Crippen LogP contribution in [0, 0.1) is 0 Å². The van der Waals surface area contributed by atoms with E-state index in [1.165, 1.54) is 12.8 Å². The van der Waals surface area contributed by atoms with Gasteiger partial charge in [0.15, 0.2) is 0 Å². The molecule has 8 nitrogen and oxygen atoms in total. The van der Waals surface area contributed by atoms with Gasteiger partial charge in [-0.15, -0.1) is 0 Å². The average Bonchev–Trinajstić information content (AvgIpc) is 2.98. The minimum absolute atomic E-state index is 0.00363. The maximum Gasteiger partial charge on any atom is 0.243 e. The normalized spacial score (nSPS) is 22.9. The van der Waals surface area contributed by atoms with E-state index in [9.17, 15) is 9.59 Å². The van der Waals surface area contributed by atoms with Gasteiger partial charge in [0.1, 0.15) is 17.9 Å². The smallest absolute Gasteiger partial charge is 0.243 e. The third kappa shape index (κ3) is 6.40. The summed E-state index contributed by atoms with van der Waals surface area (Å²) in [6.07, 6.45) is 8.27. The lowest BCUT2D eigenvalue weighted by Crippen LogP contribution is -2.49. The first-order valence-electron chi connectivity index (χ1n) is 10.5. The molecule has 160 valence electrons. The quantitative estimate of drug-likeness (QED) is 0.653. The maximum absolute atomic E-state index is 13.1. The van der Waals surface area contributed by atoms with E-state index in [1.807, 2.05) is 12.1 Å². The summed E-state index contributed by atoms with van der Waals surface area (Å²) in [6, 6.07) is 3.12. The fourth-order valence-corrected chi connectivity index (χ4v) is 3.99. The first-order valence-corrected chi connectivity index (χ1v) is 10.5. The molecule has 1 aromatic heterocycles. The lowest BCUT2D eigenvalue weighted by atomic mass is 10.2. The monoisotopic (exact) mass is 404 g/mol. The molecule has 8 heteroatoms. The molecule has 0 aliphatic carbocycles. The molecular weight excluding hydrogens is 372 g/mol. The summed E-state index contributed by atoms with van der Waals surface area (Å²) in [5.41, 5.74) is 0. The zero-order valence-corrected chi connectivity index (χ0v) is 17.2. The number of likely N-dealkylation sites (tertiary alicyclic amines) is 2. The largest absolute Gasteiger partial charge is 0.487 e. The lowest BCUT2D eigenvalue weighted by Gasteiger charge is -2.27.